The highest BCUT2D eigenvalue weighted by Crippen LogP contribution is 2.35. The van der Waals surface area contributed by atoms with E-state index in [1.807, 2.05) is 12.3 Å². The summed E-state index contributed by atoms with van der Waals surface area (Å²) in [6, 6.07) is 17.6. The number of rotatable bonds is 2. The summed E-state index contributed by atoms with van der Waals surface area (Å²) >= 11 is 0. The highest BCUT2D eigenvalue weighted by atomic mass is 28.3. The number of hydrogen-bond donors (Lipinski definition) is 0. The molecule has 2 heterocycles. The van der Waals surface area contributed by atoms with Gasteiger partial charge in [-0.3, -0.25) is 4.98 Å². The Hall–Kier alpha value is -2.85. The number of hydrogen-bond acceptors (Lipinski definition) is 3. The first-order valence-corrected chi connectivity index (χ1v) is 13.3. The zero-order valence-corrected chi connectivity index (χ0v) is 17.5. The van der Waals surface area contributed by atoms with Crippen LogP contribution in [0.2, 0.25) is 19.6 Å². The molecule has 0 saturated heterocycles. The summed E-state index contributed by atoms with van der Waals surface area (Å²) in [5.41, 5.74) is 6.78. The van der Waals surface area contributed by atoms with E-state index >= 15 is 0 Å². The van der Waals surface area contributed by atoms with Crippen LogP contribution in [0, 0.1) is 0 Å². The molecule has 0 atom stereocenters. The topological polar surface area (TPSA) is 38.7 Å². The molecule has 3 nitrogen and oxygen atoms in total. The fourth-order valence-electron chi connectivity index (χ4n) is 4.28. The van der Waals surface area contributed by atoms with Crippen LogP contribution in [0.25, 0.3) is 33.4 Å². The second kappa shape index (κ2) is 6.35. The van der Waals surface area contributed by atoms with Gasteiger partial charge in [-0.25, -0.2) is 9.97 Å². The molecule has 1 aliphatic carbocycles. The van der Waals surface area contributed by atoms with E-state index < -0.39 is 8.07 Å². The fraction of sp³-hybridized carbons (Fsp3) is 0.208. The summed E-state index contributed by atoms with van der Waals surface area (Å²) in [7, 11) is -1.51. The normalized spacial score (nSPS) is 13.2. The Morgan fingerprint density at radius 3 is 2.46 bits per heavy atom. The van der Waals surface area contributed by atoms with Crippen molar-refractivity contribution in [1.82, 2.24) is 15.0 Å². The molecule has 5 rings (SSSR count). The van der Waals surface area contributed by atoms with Crippen molar-refractivity contribution in [2.24, 2.45) is 0 Å². The Morgan fingerprint density at radius 2 is 1.61 bits per heavy atom. The maximum Gasteiger partial charge on any atom is 0.116 e. The molecule has 0 unspecified atom stereocenters. The summed E-state index contributed by atoms with van der Waals surface area (Å²) in [5, 5.41) is 4.15. The molecule has 0 saturated carbocycles. The number of fused-ring (bicyclic) bond motifs is 4. The monoisotopic (exact) mass is 381 g/mol. The van der Waals surface area contributed by atoms with E-state index in [-0.39, 0.29) is 0 Å². The zero-order valence-electron chi connectivity index (χ0n) is 16.5. The predicted molar refractivity (Wildman–Crippen MR) is 119 cm³/mol. The van der Waals surface area contributed by atoms with Crippen LogP contribution in [0.5, 0.6) is 0 Å². The van der Waals surface area contributed by atoms with Crippen LogP contribution in [0.4, 0.5) is 0 Å². The molecule has 0 amide bonds. The van der Waals surface area contributed by atoms with Crippen molar-refractivity contribution in [3.8, 4) is 22.6 Å². The van der Waals surface area contributed by atoms with Gasteiger partial charge in [-0.05, 0) is 41.3 Å². The molecule has 4 aromatic rings. The van der Waals surface area contributed by atoms with Crippen molar-refractivity contribution in [3.63, 3.8) is 0 Å². The molecule has 2 aromatic carbocycles. The van der Waals surface area contributed by atoms with Gasteiger partial charge < -0.3 is 0 Å². The van der Waals surface area contributed by atoms with Crippen molar-refractivity contribution in [1.29, 1.82) is 0 Å². The smallest absolute Gasteiger partial charge is 0.116 e. The van der Waals surface area contributed by atoms with Crippen LogP contribution < -0.4 is 5.19 Å². The second-order valence-electron chi connectivity index (χ2n) is 8.56. The summed E-state index contributed by atoms with van der Waals surface area (Å²) in [4.78, 5) is 14.0. The van der Waals surface area contributed by atoms with Gasteiger partial charge in [0.2, 0.25) is 0 Å². The Bertz CT molecular complexity index is 1210. The Kier molecular flexibility index (Phi) is 3.91. The fourth-order valence-corrected chi connectivity index (χ4v) is 5.91. The second-order valence-corrected chi connectivity index (χ2v) is 13.6. The third kappa shape index (κ3) is 2.76. The van der Waals surface area contributed by atoms with Gasteiger partial charge in [-0.15, -0.1) is 0 Å². The predicted octanol–water partition coefficient (Wildman–Crippen LogP) is 5.00. The molecule has 0 aliphatic heterocycles. The van der Waals surface area contributed by atoms with Gasteiger partial charge in [-0.1, -0.05) is 61.2 Å². The molecule has 0 radical (unpaired) electrons. The van der Waals surface area contributed by atoms with Crippen LogP contribution in [0.3, 0.4) is 0 Å². The van der Waals surface area contributed by atoms with Crippen LogP contribution in [0.1, 0.15) is 11.1 Å². The quantitative estimate of drug-likeness (QED) is 0.459. The van der Waals surface area contributed by atoms with Gasteiger partial charge in [0.1, 0.15) is 6.33 Å². The SMILES string of the molecule is C[Si](C)(C)c1cc(-c2ncnc3c2CCc2cccnc2-3)cc2ccccc12. The van der Waals surface area contributed by atoms with Gasteiger partial charge in [0.25, 0.3) is 0 Å². The lowest BCUT2D eigenvalue weighted by atomic mass is 9.89. The van der Waals surface area contributed by atoms with Crippen molar-refractivity contribution in [3.05, 3.63) is 72.2 Å². The average molecular weight is 382 g/mol. The maximum atomic E-state index is 4.74. The van der Waals surface area contributed by atoms with E-state index in [9.17, 15) is 0 Å². The molecular weight excluding hydrogens is 358 g/mol. The Balaban J connectivity index is 1.77. The first-order valence-electron chi connectivity index (χ1n) is 9.84. The third-order valence-electron chi connectivity index (χ3n) is 5.65. The van der Waals surface area contributed by atoms with Crippen LogP contribution in [0.15, 0.2) is 61.1 Å². The lowest BCUT2D eigenvalue weighted by Crippen LogP contribution is -2.38. The largest absolute Gasteiger partial charge is 0.254 e. The number of pyridine rings is 1. The van der Waals surface area contributed by atoms with Gasteiger partial charge in [0.15, 0.2) is 0 Å². The van der Waals surface area contributed by atoms with Crippen LogP contribution in [-0.4, -0.2) is 23.0 Å². The van der Waals surface area contributed by atoms with E-state index in [1.54, 1.807) is 6.33 Å². The molecule has 0 bridgehead atoms. The number of aryl methyl sites for hydroxylation is 1. The lowest BCUT2D eigenvalue weighted by Gasteiger charge is -2.23. The molecule has 2 aromatic heterocycles. The number of aromatic nitrogens is 3. The van der Waals surface area contributed by atoms with Gasteiger partial charge in [-0.2, -0.15) is 0 Å². The van der Waals surface area contributed by atoms with Crippen molar-refractivity contribution < 1.29 is 0 Å². The molecule has 28 heavy (non-hydrogen) atoms. The number of benzene rings is 2. The average Bonchev–Trinajstić information content (AvgIpc) is 2.71. The van der Waals surface area contributed by atoms with E-state index in [4.69, 9.17) is 4.98 Å². The molecule has 1 aliphatic rings. The third-order valence-corrected chi connectivity index (χ3v) is 7.68. The summed E-state index contributed by atoms with van der Waals surface area (Å²) in [6.45, 7) is 7.23. The Labute approximate surface area is 166 Å². The summed E-state index contributed by atoms with van der Waals surface area (Å²) in [5.74, 6) is 0. The van der Waals surface area contributed by atoms with Gasteiger partial charge >= 0.3 is 0 Å². The zero-order chi connectivity index (χ0) is 19.3. The molecular formula is C24H23N3Si. The molecule has 0 spiro atoms. The van der Waals surface area contributed by atoms with Crippen molar-refractivity contribution in [2.45, 2.75) is 32.5 Å². The first-order chi connectivity index (χ1) is 13.5. The van der Waals surface area contributed by atoms with Crippen molar-refractivity contribution in [2.75, 3.05) is 0 Å². The number of nitrogens with zero attached hydrogens (tertiary/aromatic N) is 3. The Morgan fingerprint density at radius 1 is 0.786 bits per heavy atom. The van der Waals surface area contributed by atoms with E-state index in [1.165, 1.54) is 32.6 Å². The van der Waals surface area contributed by atoms with E-state index in [0.29, 0.717) is 0 Å². The van der Waals surface area contributed by atoms with Gasteiger partial charge in [0, 0.05) is 17.3 Å². The molecule has 0 fully saturated rings. The van der Waals surface area contributed by atoms with Crippen molar-refractivity contribution >= 4 is 24.0 Å². The standard InChI is InChI=1S/C24H23N3Si/c1-28(2,3)21-14-18(13-17-7-4-5-9-19(17)21)22-20-11-10-16-8-6-12-25-23(16)24(20)27-15-26-22/h4-9,12-15H,10-11H2,1-3H3. The molecule has 4 heteroatoms. The van der Waals surface area contributed by atoms with E-state index in [2.05, 4.69) is 72.1 Å². The van der Waals surface area contributed by atoms with Crippen LogP contribution in [-0.2, 0) is 12.8 Å². The minimum absolute atomic E-state index is 0.958. The molecule has 138 valence electrons. The minimum atomic E-state index is -1.51. The van der Waals surface area contributed by atoms with Crippen LogP contribution >= 0.6 is 0 Å². The first kappa shape index (κ1) is 17.3. The summed E-state index contributed by atoms with van der Waals surface area (Å²) in [6.07, 6.45) is 5.50. The highest BCUT2D eigenvalue weighted by molar-refractivity contribution is 6.90. The maximum absolute atomic E-state index is 4.74. The van der Waals surface area contributed by atoms with Gasteiger partial charge in [0.05, 0.1) is 25.2 Å². The summed E-state index contributed by atoms with van der Waals surface area (Å²) < 4.78 is 0. The molecule has 0 N–H and O–H groups in total. The highest BCUT2D eigenvalue weighted by Gasteiger charge is 2.25. The van der Waals surface area contributed by atoms with E-state index in [0.717, 1.165) is 29.9 Å². The lowest BCUT2D eigenvalue weighted by molar-refractivity contribution is 0.900. The minimum Gasteiger partial charge on any atom is -0.254 e.